The Labute approximate surface area is 153 Å². The van der Waals surface area contributed by atoms with E-state index in [9.17, 15) is 18.5 Å². The topological polar surface area (TPSA) is 93.0 Å². The van der Waals surface area contributed by atoms with Gasteiger partial charge in [0.25, 0.3) is 5.69 Å². The van der Waals surface area contributed by atoms with Crippen LogP contribution in [0.5, 0.6) is 0 Å². The Bertz CT molecular complexity index is 792. The number of anilines is 1. The van der Waals surface area contributed by atoms with E-state index in [4.69, 9.17) is 4.74 Å². The molecule has 0 amide bonds. The monoisotopic (exact) mass is 383 g/mol. The van der Waals surface area contributed by atoms with Crippen molar-refractivity contribution in [1.82, 2.24) is 4.31 Å². The molecule has 0 aromatic heterocycles. The summed E-state index contributed by atoms with van der Waals surface area (Å²) in [6, 6.07) is 4.13. The molecule has 0 N–H and O–H groups in total. The number of non-ortho nitro benzene ring substituents is 1. The van der Waals surface area contributed by atoms with Crippen molar-refractivity contribution >= 4 is 21.4 Å². The van der Waals surface area contributed by atoms with Gasteiger partial charge >= 0.3 is 0 Å². The van der Waals surface area contributed by atoms with E-state index in [2.05, 4.69) is 0 Å². The van der Waals surface area contributed by atoms with Crippen LogP contribution in [0.2, 0.25) is 0 Å². The highest BCUT2D eigenvalue weighted by Crippen LogP contribution is 2.35. The maximum atomic E-state index is 13.1. The zero-order chi connectivity index (χ0) is 18.9. The van der Waals surface area contributed by atoms with Crippen molar-refractivity contribution in [2.75, 3.05) is 37.7 Å². The van der Waals surface area contributed by atoms with E-state index in [-0.39, 0.29) is 16.2 Å². The predicted octanol–water partition coefficient (Wildman–Crippen LogP) is 2.38. The van der Waals surface area contributed by atoms with Crippen molar-refractivity contribution in [3.8, 4) is 0 Å². The second-order valence-corrected chi connectivity index (χ2v) is 9.00. The maximum Gasteiger partial charge on any atom is 0.270 e. The molecule has 2 aliphatic heterocycles. The third kappa shape index (κ3) is 3.56. The summed E-state index contributed by atoms with van der Waals surface area (Å²) in [7, 11) is -3.77. The smallest absolute Gasteiger partial charge is 0.270 e. The molecule has 1 aromatic rings. The summed E-state index contributed by atoms with van der Waals surface area (Å²) in [5.41, 5.74) is -0.0576. The van der Waals surface area contributed by atoms with Crippen LogP contribution in [0.25, 0.3) is 0 Å². The summed E-state index contributed by atoms with van der Waals surface area (Å²) in [5, 5.41) is 11.2. The number of ether oxygens (including phenoxy) is 1. The Morgan fingerprint density at radius 1 is 1.27 bits per heavy atom. The summed E-state index contributed by atoms with van der Waals surface area (Å²) in [6.07, 6.45) is 2.43. The summed E-state index contributed by atoms with van der Waals surface area (Å²) in [4.78, 5) is 12.6. The lowest BCUT2D eigenvalue weighted by Crippen LogP contribution is -2.50. The second-order valence-electron chi connectivity index (χ2n) is 7.09. The number of nitro benzene ring substituents is 1. The fourth-order valence-corrected chi connectivity index (χ4v) is 5.25. The lowest BCUT2D eigenvalue weighted by Gasteiger charge is -2.41. The van der Waals surface area contributed by atoms with Crippen molar-refractivity contribution in [3.63, 3.8) is 0 Å². The first-order valence-electron chi connectivity index (χ1n) is 8.94. The molecule has 2 fully saturated rings. The van der Waals surface area contributed by atoms with Gasteiger partial charge in [-0.25, -0.2) is 8.42 Å². The molecular weight excluding hydrogens is 358 g/mol. The molecule has 0 spiro atoms. The average Bonchev–Trinajstić information content (AvgIpc) is 3.17. The number of benzene rings is 1. The first kappa shape index (κ1) is 19.1. The lowest BCUT2D eigenvalue weighted by atomic mass is 10.0. The lowest BCUT2D eigenvalue weighted by molar-refractivity contribution is -0.385. The Kier molecular flexibility index (Phi) is 5.23. The van der Waals surface area contributed by atoms with Crippen molar-refractivity contribution in [2.24, 2.45) is 0 Å². The molecular formula is C17H25N3O5S. The minimum absolute atomic E-state index is 0.0222. The van der Waals surface area contributed by atoms with E-state index >= 15 is 0 Å². The first-order valence-corrected chi connectivity index (χ1v) is 10.4. The summed E-state index contributed by atoms with van der Waals surface area (Å²) < 4.78 is 33.6. The van der Waals surface area contributed by atoms with Crippen LogP contribution in [-0.2, 0) is 14.8 Å². The van der Waals surface area contributed by atoms with Gasteiger partial charge < -0.3 is 9.64 Å². The van der Waals surface area contributed by atoms with Gasteiger partial charge in [-0.05, 0) is 32.3 Å². The SMILES string of the molecule is CCC1(C)CN(c2ccc([N+](=O)[O-])cc2S(=O)(=O)N2CCCC2)CCO1. The molecule has 0 aliphatic carbocycles. The normalized spacial score (nSPS) is 24.8. The molecule has 0 saturated carbocycles. The van der Waals surface area contributed by atoms with E-state index in [1.807, 2.05) is 18.7 Å². The van der Waals surface area contributed by atoms with Crippen molar-refractivity contribution in [2.45, 2.75) is 43.6 Å². The third-order valence-electron chi connectivity index (χ3n) is 5.26. The fourth-order valence-electron chi connectivity index (χ4n) is 3.50. The largest absolute Gasteiger partial charge is 0.372 e. The number of morpholine rings is 1. The number of hydrogen-bond acceptors (Lipinski definition) is 6. The standard InChI is InChI=1S/C17H25N3O5S/c1-3-17(2)13-18(10-11-25-17)15-7-6-14(20(21)22)12-16(15)26(23,24)19-8-4-5-9-19/h6-7,12H,3-5,8-11,13H2,1-2H3. The molecule has 1 aromatic carbocycles. The summed E-state index contributed by atoms with van der Waals surface area (Å²) >= 11 is 0. The molecule has 0 radical (unpaired) electrons. The molecule has 1 atom stereocenters. The van der Waals surface area contributed by atoms with Gasteiger partial charge in [-0.2, -0.15) is 4.31 Å². The van der Waals surface area contributed by atoms with Gasteiger partial charge in [-0.15, -0.1) is 0 Å². The van der Waals surface area contributed by atoms with Gasteiger partial charge in [0.1, 0.15) is 4.90 Å². The number of rotatable bonds is 5. The molecule has 8 nitrogen and oxygen atoms in total. The van der Waals surface area contributed by atoms with Crippen LogP contribution in [0.1, 0.15) is 33.1 Å². The zero-order valence-corrected chi connectivity index (χ0v) is 16.0. The average molecular weight is 383 g/mol. The minimum Gasteiger partial charge on any atom is -0.372 e. The highest BCUT2D eigenvalue weighted by atomic mass is 32.2. The van der Waals surface area contributed by atoms with Gasteiger partial charge in [-0.1, -0.05) is 6.92 Å². The molecule has 1 unspecified atom stereocenters. The van der Waals surface area contributed by atoms with Gasteiger partial charge in [0, 0.05) is 38.3 Å². The molecule has 2 heterocycles. The summed E-state index contributed by atoms with van der Waals surface area (Å²) in [6.45, 7) is 6.53. The van der Waals surface area contributed by atoms with Crippen LogP contribution in [-0.4, -0.2) is 56.0 Å². The van der Waals surface area contributed by atoms with Crippen LogP contribution in [0.3, 0.4) is 0 Å². The Morgan fingerprint density at radius 3 is 2.58 bits per heavy atom. The maximum absolute atomic E-state index is 13.1. The van der Waals surface area contributed by atoms with E-state index in [1.54, 1.807) is 6.07 Å². The Hall–Kier alpha value is -1.71. The molecule has 144 valence electrons. The van der Waals surface area contributed by atoms with Gasteiger partial charge in [-0.3, -0.25) is 10.1 Å². The van der Waals surface area contributed by atoms with Crippen molar-refractivity contribution in [1.29, 1.82) is 0 Å². The Balaban J connectivity index is 2.06. The molecule has 26 heavy (non-hydrogen) atoms. The van der Waals surface area contributed by atoms with Crippen LogP contribution >= 0.6 is 0 Å². The number of sulfonamides is 1. The predicted molar refractivity (Wildman–Crippen MR) is 98.0 cm³/mol. The summed E-state index contributed by atoms with van der Waals surface area (Å²) in [5.74, 6) is 0. The quantitative estimate of drug-likeness (QED) is 0.572. The molecule has 9 heteroatoms. The number of nitrogens with zero attached hydrogens (tertiary/aromatic N) is 3. The minimum atomic E-state index is -3.77. The van der Waals surface area contributed by atoms with E-state index in [0.717, 1.165) is 19.3 Å². The highest BCUT2D eigenvalue weighted by Gasteiger charge is 2.36. The molecule has 2 aliphatic rings. The molecule has 3 rings (SSSR count). The number of hydrogen-bond donors (Lipinski definition) is 0. The zero-order valence-electron chi connectivity index (χ0n) is 15.2. The van der Waals surface area contributed by atoms with Crippen molar-refractivity contribution in [3.05, 3.63) is 28.3 Å². The van der Waals surface area contributed by atoms with Crippen LogP contribution in [0.15, 0.2) is 23.1 Å². The van der Waals surface area contributed by atoms with Gasteiger partial charge in [0.05, 0.1) is 22.8 Å². The first-order chi connectivity index (χ1) is 12.3. The van der Waals surface area contributed by atoms with Gasteiger partial charge in [0.15, 0.2) is 0 Å². The Morgan fingerprint density at radius 2 is 1.96 bits per heavy atom. The van der Waals surface area contributed by atoms with E-state index in [0.29, 0.717) is 38.5 Å². The third-order valence-corrected chi connectivity index (χ3v) is 7.19. The second kappa shape index (κ2) is 7.13. The molecule has 0 bridgehead atoms. The van der Waals surface area contributed by atoms with E-state index < -0.39 is 14.9 Å². The van der Waals surface area contributed by atoms with E-state index in [1.165, 1.54) is 16.4 Å². The highest BCUT2D eigenvalue weighted by molar-refractivity contribution is 7.89. The van der Waals surface area contributed by atoms with Gasteiger partial charge in [0.2, 0.25) is 10.0 Å². The fraction of sp³-hybridized carbons (Fsp3) is 0.647. The van der Waals surface area contributed by atoms with Crippen LogP contribution in [0, 0.1) is 10.1 Å². The van der Waals surface area contributed by atoms with Crippen LogP contribution in [0.4, 0.5) is 11.4 Å². The molecule has 2 saturated heterocycles. The van der Waals surface area contributed by atoms with Crippen LogP contribution < -0.4 is 4.90 Å². The van der Waals surface area contributed by atoms with Crippen molar-refractivity contribution < 1.29 is 18.1 Å². The number of nitro groups is 1.